The zero-order valence-corrected chi connectivity index (χ0v) is 14.6. The van der Waals surface area contributed by atoms with Crippen LogP contribution in [0.5, 0.6) is 11.5 Å². The van der Waals surface area contributed by atoms with Gasteiger partial charge in [0.25, 0.3) is 0 Å². The fraction of sp³-hybridized carbons (Fsp3) is 0.200. The molecule has 0 aliphatic heterocycles. The van der Waals surface area contributed by atoms with E-state index in [0.717, 1.165) is 0 Å². The van der Waals surface area contributed by atoms with Gasteiger partial charge in [-0.2, -0.15) is 0 Å². The van der Waals surface area contributed by atoms with Crippen molar-refractivity contribution in [3.05, 3.63) is 65.7 Å². The number of hydrogen-bond donors (Lipinski definition) is 1. The van der Waals surface area contributed by atoms with Crippen molar-refractivity contribution in [3.8, 4) is 11.5 Å². The number of carboxylic acid groups (broad SMARTS) is 1. The van der Waals surface area contributed by atoms with Crippen LogP contribution in [0.4, 0.5) is 5.69 Å². The number of carbonyl (C=O) groups excluding carboxylic acids is 2. The molecule has 1 amide bonds. The number of rotatable bonds is 5. The van der Waals surface area contributed by atoms with Gasteiger partial charge in [0, 0.05) is 22.6 Å². The summed E-state index contributed by atoms with van der Waals surface area (Å²) in [5, 5.41) is 14.6. The maximum atomic E-state index is 12.4. The summed E-state index contributed by atoms with van der Waals surface area (Å²) >= 11 is 5.84. The van der Waals surface area contributed by atoms with E-state index in [1.165, 1.54) is 0 Å². The Morgan fingerprint density at radius 1 is 0.923 bits per heavy atom. The van der Waals surface area contributed by atoms with Crippen LogP contribution in [0.1, 0.15) is 12.8 Å². The first-order valence-electron chi connectivity index (χ1n) is 8.23. The molecule has 1 aliphatic rings. The van der Waals surface area contributed by atoms with Crippen LogP contribution in [0.15, 0.2) is 60.7 Å². The molecule has 0 unspecified atom stereocenters. The maximum absolute atomic E-state index is 12.4. The van der Waals surface area contributed by atoms with Crippen LogP contribution in [-0.4, -0.2) is 11.9 Å². The van der Waals surface area contributed by atoms with Gasteiger partial charge < -0.3 is 20.0 Å². The second kappa shape index (κ2) is 8.06. The molecule has 3 rings (SSSR count). The molecule has 0 saturated carbocycles. The normalized spacial score (nSPS) is 19.0. The van der Waals surface area contributed by atoms with Crippen LogP contribution in [0, 0.1) is 11.8 Å². The number of carboxylic acids is 1. The first-order chi connectivity index (χ1) is 12.5. The molecule has 1 aliphatic carbocycles. The molecule has 134 valence electrons. The van der Waals surface area contributed by atoms with Crippen molar-refractivity contribution in [1.29, 1.82) is 0 Å². The molecule has 0 saturated heterocycles. The average molecular weight is 371 g/mol. The highest BCUT2D eigenvalue weighted by molar-refractivity contribution is 6.30. The summed E-state index contributed by atoms with van der Waals surface area (Å²) in [6.45, 7) is 0. The second-order valence-electron chi connectivity index (χ2n) is 6.04. The van der Waals surface area contributed by atoms with E-state index in [2.05, 4.69) is 5.32 Å². The molecule has 0 spiro atoms. The van der Waals surface area contributed by atoms with Gasteiger partial charge in [0.2, 0.25) is 5.91 Å². The molecular weight excluding hydrogens is 354 g/mol. The zero-order chi connectivity index (χ0) is 18.5. The molecule has 5 nitrogen and oxygen atoms in total. The summed E-state index contributed by atoms with van der Waals surface area (Å²) in [6, 6.07) is 13.8. The summed E-state index contributed by atoms with van der Waals surface area (Å²) in [5.74, 6) is -1.69. The Morgan fingerprint density at radius 3 is 2.04 bits per heavy atom. The van der Waals surface area contributed by atoms with Gasteiger partial charge in [0.15, 0.2) is 0 Å². The van der Waals surface area contributed by atoms with E-state index in [0.29, 0.717) is 35.1 Å². The number of amides is 1. The second-order valence-corrected chi connectivity index (χ2v) is 6.48. The fourth-order valence-electron chi connectivity index (χ4n) is 2.84. The quantitative estimate of drug-likeness (QED) is 0.818. The first kappa shape index (κ1) is 18.0. The van der Waals surface area contributed by atoms with Crippen LogP contribution >= 0.6 is 11.6 Å². The van der Waals surface area contributed by atoms with E-state index in [9.17, 15) is 14.7 Å². The molecule has 0 heterocycles. The molecule has 0 aromatic heterocycles. The van der Waals surface area contributed by atoms with Gasteiger partial charge in [0.05, 0.1) is 5.92 Å². The lowest BCUT2D eigenvalue weighted by Gasteiger charge is -2.28. The third kappa shape index (κ3) is 4.43. The summed E-state index contributed by atoms with van der Waals surface area (Å²) in [6.07, 6.45) is 4.30. The molecule has 6 heteroatoms. The Balaban J connectivity index is 1.63. The minimum Gasteiger partial charge on any atom is -0.550 e. The Labute approximate surface area is 156 Å². The number of carbonyl (C=O) groups is 2. The predicted octanol–water partition coefficient (Wildman–Crippen LogP) is 3.40. The fourth-order valence-corrected chi connectivity index (χ4v) is 2.97. The molecule has 26 heavy (non-hydrogen) atoms. The van der Waals surface area contributed by atoms with Crippen LogP contribution in [0.2, 0.25) is 5.02 Å². The van der Waals surface area contributed by atoms with E-state index in [4.69, 9.17) is 16.3 Å². The third-order valence-corrected chi connectivity index (χ3v) is 4.50. The van der Waals surface area contributed by atoms with Crippen molar-refractivity contribution in [2.24, 2.45) is 11.8 Å². The minimum atomic E-state index is -1.19. The highest BCUT2D eigenvalue weighted by Crippen LogP contribution is 2.28. The molecule has 2 atom stereocenters. The highest BCUT2D eigenvalue weighted by atomic mass is 35.5. The number of ether oxygens (including phenoxy) is 1. The molecule has 0 bridgehead atoms. The summed E-state index contributed by atoms with van der Waals surface area (Å²) < 4.78 is 5.69. The summed E-state index contributed by atoms with van der Waals surface area (Å²) in [5.41, 5.74) is 0.574. The van der Waals surface area contributed by atoms with Gasteiger partial charge in [-0.15, -0.1) is 0 Å². The number of halogens is 1. The molecule has 2 aromatic rings. The van der Waals surface area contributed by atoms with Gasteiger partial charge in [-0.25, -0.2) is 0 Å². The van der Waals surface area contributed by atoms with Crippen LogP contribution in [0.25, 0.3) is 0 Å². The number of benzene rings is 2. The van der Waals surface area contributed by atoms with E-state index in [-0.39, 0.29) is 5.91 Å². The topological polar surface area (TPSA) is 78.5 Å². The largest absolute Gasteiger partial charge is 0.550 e. The number of anilines is 1. The molecule has 1 N–H and O–H groups in total. The first-order valence-corrected chi connectivity index (χ1v) is 8.61. The van der Waals surface area contributed by atoms with Gasteiger partial charge in [-0.3, -0.25) is 4.79 Å². The van der Waals surface area contributed by atoms with Crippen molar-refractivity contribution in [1.82, 2.24) is 0 Å². The lowest BCUT2D eigenvalue weighted by molar-refractivity contribution is -0.313. The molecule has 2 aromatic carbocycles. The average Bonchev–Trinajstić information content (AvgIpc) is 2.65. The minimum absolute atomic E-state index is 0.314. The predicted molar refractivity (Wildman–Crippen MR) is 97.0 cm³/mol. The Hall–Kier alpha value is -2.79. The van der Waals surface area contributed by atoms with E-state index < -0.39 is 17.8 Å². The molecule has 0 fully saturated rings. The number of aliphatic carboxylic acids is 1. The van der Waals surface area contributed by atoms with Crippen LogP contribution < -0.4 is 15.2 Å². The number of nitrogens with one attached hydrogen (secondary N) is 1. The van der Waals surface area contributed by atoms with Gasteiger partial charge in [0.1, 0.15) is 11.5 Å². The summed E-state index contributed by atoms with van der Waals surface area (Å²) in [7, 11) is 0. The lowest BCUT2D eigenvalue weighted by Crippen LogP contribution is -2.41. The van der Waals surface area contributed by atoms with Crippen molar-refractivity contribution in [2.45, 2.75) is 12.8 Å². The SMILES string of the molecule is O=C([O-])[C@H]1CC=CC[C@@H]1C(=O)Nc1ccc(Oc2ccc(Cl)cc2)cc1. The van der Waals surface area contributed by atoms with Crippen molar-refractivity contribution in [2.75, 3.05) is 5.32 Å². The van der Waals surface area contributed by atoms with Crippen molar-refractivity contribution in [3.63, 3.8) is 0 Å². The van der Waals surface area contributed by atoms with Crippen LogP contribution in [-0.2, 0) is 9.59 Å². The maximum Gasteiger partial charge on any atom is 0.228 e. The molecular formula is C20H17ClNO4-. The lowest BCUT2D eigenvalue weighted by atomic mass is 9.82. The van der Waals surface area contributed by atoms with E-state index >= 15 is 0 Å². The monoisotopic (exact) mass is 370 g/mol. The third-order valence-electron chi connectivity index (χ3n) is 4.24. The standard InChI is InChI=1S/C20H18ClNO4/c21-13-5-9-15(10-6-13)26-16-11-7-14(8-12-16)22-19(23)17-3-1-2-4-18(17)20(24)25/h1-2,5-12,17-18H,3-4H2,(H,22,23)(H,24,25)/p-1/t17-,18-/m0/s1. The zero-order valence-electron chi connectivity index (χ0n) is 13.9. The smallest absolute Gasteiger partial charge is 0.228 e. The van der Waals surface area contributed by atoms with Gasteiger partial charge >= 0.3 is 0 Å². The molecule has 0 radical (unpaired) electrons. The van der Waals surface area contributed by atoms with Crippen molar-refractivity contribution < 1.29 is 19.4 Å². The van der Waals surface area contributed by atoms with E-state index in [1.54, 1.807) is 54.6 Å². The Bertz CT molecular complexity index is 815. The van der Waals surface area contributed by atoms with Gasteiger partial charge in [-0.1, -0.05) is 23.8 Å². The summed E-state index contributed by atoms with van der Waals surface area (Å²) in [4.78, 5) is 23.6. The number of hydrogen-bond acceptors (Lipinski definition) is 4. The van der Waals surface area contributed by atoms with E-state index in [1.807, 2.05) is 6.08 Å². The van der Waals surface area contributed by atoms with Gasteiger partial charge in [-0.05, 0) is 61.4 Å². The Kier molecular flexibility index (Phi) is 5.58. The van der Waals surface area contributed by atoms with Crippen LogP contribution in [0.3, 0.4) is 0 Å². The van der Waals surface area contributed by atoms with Crippen molar-refractivity contribution >= 4 is 29.2 Å². The Morgan fingerprint density at radius 2 is 1.46 bits per heavy atom. The number of allylic oxidation sites excluding steroid dienone is 2. The highest BCUT2D eigenvalue weighted by Gasteiger charge is 2.29.